The van der Waals surface area contributed by atoms with Crippen LogP contribution in [0.25, 0.3) is 11.1 Å². The number of halogens is 4. The van der Waals surface area contributed by atoms with Crippen molar-refractivity contribution in [2.45, 2.75) is 44.9 Å². The number of carboxylic acid groups (broad SMARTS) is 1. The molecule has 0 spiro atoms. The molecule has 2 atom stereocenters. The summed E-state index contributed by atoms with van der Waals surface area (Å²) < 4.78 is 53.1. The van der Waals surface area contributed by atoms with Crippen LogP contribution in [0.5, 0.6) is 0 Å². The van der Waals surface area contributed by atoms with Crippen molar-refractivity contribution in [3.05, 3.63) is 66.0 Å². The molecule has 7 nitrogen and oxygen atoms in total. The highest BCUT2D eigenvalue weighted by molar-refractivity contribution is 5.71. The predicted molar refractivity (Wildman–Crippen MR) is 123 cm³/mol. The Balaban J connectivity index is 1.57. The second-order valence-electron chi connectivity index (χ2n) is 9.68. The third-order valence-electron chi connectivity index (χ3n) is 6.51. The maximum Gasteiger partial charge on any atom is 0.433 e. The van der Waals surface area contributed by atoms with Gasteiger partial charge in [0.15, 0.2) is 0 Å². The van der Waals surface area contributed by atoms with Crippen LogP contribution < -0.4 is 5.32 Å². The number of aliphatic hydroxyl groups is 1. The topological polar surface area (TPSA) is 108 Å². The fourth-order valence-corrected chi connectivity index (χ4v) is 4.79. The summed E-state index contributed by atoms with van der Waals surface area (Å²) >= 11 is 0. The van der Waals surface area contributed by atoms with E-state index in [-0.39, 0.29) is 24.5 Å². The van der Waals surface area contributed by atoms with Gasteiger partial charge in [-0.3, -0.25) is 9.78 Å². The van der Waals surface area contributed by atoms with E-state index < -0.39 is 40.6 Å². The molecule has 36 heavy (non-hydrogen) atoms. The van der Waals surface area contributed by atoms with E-state index in [0.29, 0.717) is 23.2 Å². The number of hydrogen-bond acceptors (Lipinski definition) is 6. The smallest absolute Gasteiger partial charge is 0.433 e. The van der Waals surface area contributed by atoms with Gasteiger partial charge < -0.3 is 15.5 Å². The first-order valence-electron chi connectivity index (χ1n) is 11.2. The second-order valence-corrected chi connectivity index (χ2v) is 9.68. The van der Waals surface area contributed by atoms with E-state index in [1.54, 1.807) is 26.0 Å². The van der Waals surface area contributed by atoms with Gasteiger partial charge in [0.2, 0.25) is 5.95 Å². The van der Waals surface area contributed by atoms with Gasteiger partial charge in [0.1, 0.15) is 17.1 Å². The molecular formula is C25H24F4N4O3. The third-order valence-corrected chi connectivity index (χ3v) is 6.51. The normalized spacial score (nSPS) is 21.7. The SMILES string of the molecule is CC1(C)CC(O)(c2ccc(-c3cc(F)cc(Nc4nccc(C(F)(F)F)n4)c3)cn2)CCC1C(=O)O. The number of carboxylic acids is 1. The summed E-state index contributed by atoms with van der Waals surface area (Å²) in [5, 5.41) is 23.3. The van der Waals surface area contributed by atoms with Gasteiger partial charge in [0.05, 0.1) is 11.6 Å². The summed E-state index contributed by atoms with van der Waals surface area (Å²) in [6.45, 7) is 3.61. The molecule has 3 N–H and O–H groups in total. The number of nitrogens with one attached hydrogen (secondary N) is 1. The number of carbonyl (C=O) groups is 1. The molecule has 4 rings (SSSR count). The molecule has 0 bridgehead atoms. The van der Waals surface area contributed by atoms with Gasteiger partial charge in [-0.2, -0.15) is 13.2 Å². The van der Waals surface area contributed by atoms with E-state index in [9.17, 15) is 32.6 Å². The minimum absolute atomic E-state index is 0.140. The van der Waals surface area contributed by atoms with Crippen LogP contribution >= 0.6 is 0 Å². The first-order chi connectivity index (χ1) is 16.8. The molecule has 1 aliphatic rings. The molecule has 2 unspecified atom stereocenters. The monoisotopic (exact) mass is 504 g/mol. The number of hydrogen-bond donors (Lipinski definition) is 3. The molecular weight excluding hydrogens is 480 g/mol. The summed E-state index contributed by atoms with van der Waals surface area (Å²) in [6, 6.07) is 7.85. The maximum absolute atomic E-state index is 14.3. The van der Waals surface area contributed by atoms with Gasteiger partial charge in [-0.15, -0.1) is 0 Å². The highest BCUT2D eigenvalue weighted by atomic mass is 19.4. The Hall–Kier alpha value is -3.60. The van der Waals surface area contributed by atoms with Crippen LogP contribution in [0.3, 0.4) is 0 Å². The Morgan fingerprint density at radius 1 is 1.11 bits per heavy atom. The third kappa shape index (κ3) is 5.30. The largest absolute Gasteiger partial charge is 0.481 e. The highest BCUT2D eigenvalue weighted by Gasteiger charge is 2.48. The number of benzene rings is 1. The summed E-state index contributed by atoms with van der Waals surface area (Å²) in [7, 11) is 0. The van der Waals surface area contributed by atoms with Crippen molar-refractivity contribution in [3.63, 3.8) is 0 Å². The summed E-state index contributed by atoms with van der Waals surface area (Å²) in [5.41, 5.74) is -1.65. The molecule has 0 amide bonds. The minimum atomic E-state index is -4.65. The number of anilines is 2. The van der Waals surface area contributed by atoms with E-state index in [4.69, 9.17) is 0 Å². The molecule has 1 saturated carbocycles. The quantitative estimate of drug-likeness (QED) is 0.392. The van der Waals surface area contributed by atoms with Crippen LogP contribution in [0, 0.1) is 17.2 Å². The molecule has 2 heterocycles. The van der Waals surface area contributed by atoms with E-state index in [1.807, 2.05) is 0 Å². The molecule has 0 aliphatic heterocycles. The van der Waals surface area contributed by atoms with Gasteiger partial charge in [0.25, 0.3) is 0 Å². The van der Waals surface area contributed by atoms with Crippen LogP contribution in [0.4, 0.5) is 29.2 Å². The van der Waals surface area contributed by atoms with Gasteiger partial charge in [-0.25, -0.2) is 14.4 Å². The Morgan fingerprint density at radius 2 is 1.86 bits per heavy atom. The van der Waals surface area contributed by atoms with Crippen molar-refractivity contribution in [1.29, 1.82) is 0 Å². The van der Waals surface area contributed by atoms with E-state index in [2.05, 4.69) is 20.3 Å². The van der Waals surface area contributed by atoms with Crippen molar-refractivity contribution >= 4 is 17.6 Å². The number of aromatic nitrogens is 3. The standard InChI is InChI=1S/C25H24F4N4O3/c1-23(2)13-24(36,7-5-18(23)21(34)35)19-4-3-14(12-31-19)15-9-16(26)11-17(10-15)32-22-30-8-6-20(33-22)25(27,28)29/h3-4,6,8-12,18,36H,5,7,13H2,1-2H3,(H,34,35)(H,30,32,33). The first-order valence-corrected chi connectivity index (χ1v) is 11.2. The maximum atomic E-state index is 14.3. The van der Waals surface area contributed by atoms with Crippen LogP contribution in [0.1, 0.15) is 44.5 Å². The lowest BCUT2D eigenvalue weighted by molar-refractivity contribution is -0.154. The van der Waals surface area contributed by atoms with Crippen molar-refractivity contribution in [3.8, 4) is 11.1 Å². The lowest BCUT2D eigenvalue weighted by Crippen LogP contribution is -2.45. The average molecular weight is 504 g/mol. The van der Waals surface area contributed by atoms with Crippen molar-refractivity contribution < 1.29 is 32.6 Å². The van der Waals surface area contributed by atoms with Gasteiger partial charge in [0, 0.05) is 23.6 Å². The van der Waals surface area contributed by atoms with Crippen molar-refractivity contribution in [1.82, 2.24) is 15.0 Å². The van der Waals surface area contributed by atoms with Crippen molar-refractivity contribution in [2.75, 3.05) is 5.32 Å². The van der Waals surface area contributed by atoms with E-state index >= 15 is 0 Å². The van der Waals surface area contributed by atoms with Crippen LogP contribution in [-0.2, 0) is 16.6 Å². The molecule has 1 fully saturated rings. The van der Waals surface area contributed by atoms with E-state index in [0.717, 1.165) is 18.3 Å². The molecule has 1 aromatic carbocycles. The number of rotatable bonds is 5. The van der Waals surface area contributed by atoms with Gasteiger partial charge in [-0.05, 0) is 60.6 Å². The number of aliphatic carboxylic acids is 1. The molecule has 1 aliphatic carbocycles. The van der Waals surface area contributed by atoms with Crippen LogP contribution in [0.15, 0.2) is 48.8 Å². The lowest BCUT2D eigenvalue weighted by Gasteiger charge is -2.44. The van der Waals surface area contributed by atoms with Crippen LogP contribution in [0.2, 0.25) is 0 Å². The lowest BCUT2D eigenvalue weighted by atomic mass is 9.62. The Morgan fingerprint density at radius 3 is 2.47 bits per heavy atom. The Kier molecular flexibility index (Phi) is 6.46. The number of pyridine rings is 1. The molecule has 2 aromatic heterocycles. The first kappa shape index (κ1) is 25.5. The summed E-state index contributed by atoms with van der Waals surface area (Å²) in [4.78, 5) is 23.1. The Labute approximate surface area is 204 Å². The Bertz CT molecular complexity index is 1280. The number of nitrogens with zero attached hydrogens (tertiary/aromatic N) is 3. The number of alkyl halides is 3. The van der Waals surface area contributed by atoms with Crippen LogP contribution in [-0.4, -0.2) is 31.1 Å². The van der Waals surface area contributed by atoms with Gasteiger partial charge >= 0.3 is 12.1 Å². The zero-order valence-electron chi connectivity index (χ0n) is 19.5. The summed E-state index contributed by atoms with van der Waals surface area (Å²) in [5.74, 6) is -2.44. The molecule has 0 saturated heterocycles. The van der Waals surface area contributed by atoms with E-state index in [1.165, 1.54) is 18.3 Å². The minimum Gasteiger partial charge on any atom is -0.481 e. The summed E-state index contributed by atoms with van der Waals surface area (Å²) in [6.07, 6.45) is -1.47. The fraction of sp³-hybridized carbons (Fsp3) is 0.360. The molecule has 190 valence electrons. The average Bonchev–Trinajstić information content (AvgIpc) is 2.77. The molecule has 3 aromatic rings. The van der Waals surface area contributed by atoms with Crippen molar-refractivity contribution in [2.24, 2.45) is 11.3 Å². The van der Waals surface area contributed by atoms with Gasteiger partial charge in [-0.1, -0.05) is 19.9 Å². The second kappa shape index (κ2) is 9.12. The highest BCUT2D eigenvalue weighted by Crippen LogP contribution is 2.49. The molecule has 0 radical (unpaired) electrons. The zero-order valence-corrected chi connectivity index (χ0v) is 19.5. The predicted octanol–water partition coefficient (Wildman–Crippen LogP) is 5.54. The zero-order chi connectivity index (χ0) is 26.3. The fourth-order valence-electron chi connectivity index (χ4n) is 4.79. The molecule has 11 heteroatoms.